The van der Waals surface area contributed by atoms with Gasteiger partial charge in [-0.15, -0.1) is 0 Å². The average molecular weight is 577 g/mol. The highest BCUT2D eigenvalue weighted by Crippen LogP contribution is 2.68. The summed E-state index contributed by atoms with van der Waals surface area (Å²) in [5, 5.41) is 12.6. The Balaban J connectivity index is 1.17. The summed E-state index contributed by atoms with van der Waals surface area (Å²) in [6, 6.07) is 8.42. The number of aromatic amines is 1. The number of esters is 1. The normalized spacial score (nSPS) is 36.3. The van der Waals surface area contributed by atoms with Gasteiger partial charge in [-0.3, -0.25) is 4.79 Å². The number of fused-ring (bicyclic) bond motifs is 5. The monoisotopic (exact) mass is 576 g/mol. The molecule has 1 N–H and O–H groups in total. The van der Waals surface area contributed by atoms with Crippen molar-refractivity contribution in [2.45, 2.75) is 98.3 Å². The van der Waals surface area contributed by atoms with Crippen LogP contribution in [0.3, 0.4) is 0 Å². The van der Waals surface area contributed by atoms with Crippen molar-refractivity contribution in [3.8, 4) is 11.4 Å². The number of hydrogen-bond acceptors (Lipinski definition) is 5. The molecular formula is C34H48N4O2S. The summed E-state index contributed by atoms with van der Waals surface area (Å²) >= 11 is 5.61. The summed E-state index contributed by atoms with van der Waals surface area (Å²) in [6.45, 7) is 9.73. The molecule has 41 heavy (non-hydrogen) atoms. The lowest BCUT2D eigenvalue weighted by Gasteiger charge is -2.61. The smallest absolute Gasteiger partial charge is 0.305 e. The van der Waals surface area contributed by atoms with Gasteiger partial charge < -0.3 is 4.74 Å². The first-order valence-corrected chi connectivity index (χ1v) is 16.4. The van der Waals surface area contributed by atoms with E-state index in [9.17, 15) is 4.79 Å². The summed E-state index contributed by atoms with van der Waals surface area (Å²) in [5.74, 6) is 5.25. The highest BCUT2D eigenvalue weighted by molar-refractivity contribution is 7.71. The first-order valence-electron chi connectivity index (χ1n) is 16.0. The molecule has 222 valence electrons. The van der Waals surface area contributed by atoms with Crippen LogP contribution < -0.4 is 0 Å². The van der Waals surface area contributed by atoms with Crippen LogP contribution in [-0.2, 0) is 9.53 Å². The summed E-state index contributed by atoms with van der Waals surface area (Å²) in [7, 11) is 1.51. The van der Waals surface area contributed by atoms with E-state index in [1.165, 1.54) is 63.3 Å². The van der Waals surface area contributed by atoms with Crippen LogP contribution in [0.15, 0.2) is 29.4 Å². The number of aromatic nitrogens is 3. The molecule has 0 aliphatic heterocycles. The van der Waals surface area contributed by atoms with Gasteiger partial charge in [0.1, 0.15) is 0 Å². The van der Waals surface area contributed by atoms with E-state index in [0.717, 1.165) is 54.3 Å². The average Bonchev–Trinajstić information content (AvgIpc) is 3.51. The summed E-state index contributed by atoms with van der Waals surface area (Å²) in [5.41, 5.74) is 4.36. The highest BCUT2D eigenvalue weighted by Gasteiger charge is 2.60. The predicted octanol–water partition coefficient (Wildman–Crippen LogP) is 8.37. The third-order valence-electron chi connectivity index (χ3n) is 12.5. The van der Waals surface area contributed by atoms with Crippen LogP contribution in [0.5, 0.6) is 0 Å². The van der Waals surface area contributed by atoms with Gasteiger partial charge in [-0.2, -0.15) is 14.9 Å². The molecule has 0 spiro atoms. The number of rotatable bonds is 6. The maximum Gasteiger partial charge on any atom is 0.305 e. The van der Waals surface area contributed by atoms with E-state index in [1.54, 1.807) is 0 Å². The van der Waals surface area contributed by atoms with Gasteiger partial charge >= 0.3 is 5.97 Å². The molecule has 0 saturated heterocycles. The number of aryl methyl sites for hydroxylation is 1. The predicted molar refractivity (Wildman–Crippen MR) is 166 cm³/mol. The number of nitrogens with zero attached hydrogens (tertiary/aromatic N) is 3. The van der Waals surface area contributed by atoms with Crippen LogP contribution in [0, 0.1) is 58.0 Å². The van der Waals surface area contributed by atoms with Crippen LogP contribution >= 0.6 is 12.2 Å². The maximum atomic E-state index is 11.8. The molecule has 6 nitrogen and oxygen atoms in total. The van der Waals surface area contributed by atoms with Crippen molar-refractivity contribution >= 4 is 23.9 Å². The minimum atomic E-state index is -0.0619. The number of methoxy groups -OCH3 is 1. The van der Waals surface area contributed by atoms with Gasteiger partial charge in [-0.1, -0.05) is 50.6 Å². The van der Waals surface area contributed by atoms with Crippen molar-refractivity contribution in [2.24, 2.45) is 51.4 Å². The van der Waals surface area contributed by atoms with Gasteiger partial charge in [0.05, 0.1) is 7.11 Å². The SMILES string of the molecule is COC(=O)CC[C@@H](C)[C@H]1CC[C@H]2[C@@H]3CC[C@@H]4C/C(=N\n5c(-c6ccc(C)cc6)n[nH]c5=S)CC[C@]4(C)[C@H]3CC[C@]12C. The Bertz CT molecular complexity index is 1360. The van der Waals surface area contributed by atoms with Crippen molar-refractivity contribution < 1.29 is 9.53 Å². The van der Waals surface area contributed by atoms with E-state index in [2.05, 4.69) is 62.2 Å². The Morgan fingerprint density at radius 3 is 2.63 bits per heavy atom. The van der Waals surface area contributed by atoms with Crippen molar-refractivity contribution in [1.82, 2.24) is 14.9 Å². The Morgan fingerprint density at radius 1 is 1.12 bits per heavy atom. The van der Waals surface area contributed by atoms with E-state index in [-0.39, 0.29) is 5.97 Å². The molecule has 0 bridgehead atoms. The number of H-pyrrole nitrogens is 1. The van der Waals surface area contributed by atoms with Gasteiger partial charge in [0, 0.05) is 17.7 Å². The van der Waals surface area contributed by atoms with Gasteiger partial charge in [-0.25, -0.2) is 5.10 Å². The zero-order valence-corrected chi connectivity index (χ0v) is 26.4. The number of nitrogens with one attached hydrogen (secondary N) is 1. The minimum Gasteiger partial charge on any atom is -0.469 e. The third-order valence-corrected chi connectivity index (χ3v) is 12.8. The summed E-state index contributed by atoms with van der Waals surface area (Å²) in [6.07, 6.45) is 13.0. The molecule has 1 aromatic carbocycles. The number of benzene rings is 1. The molecule has 6 rings (SSSR count). The molecule has 4 fully saturated rings. The number of carbonyl (C=O) groups excluding carboxylic acids is 1. The minimum absolute atomic E-state index is 0.0619. The second-order valence-corrected chi connectivity index (χ2v) is 14.8. The van der Waals surface area contributed by atoms with E-state index in [4.69, 9.17) is 22.1 Å². The Hall–Kier alpha value is -2.28. The maximum absolute atomic E-state index is 11.8. The first-order chi connectivity index (χ1) is 19.6. The lowest BCUT2D eigenvalue weighted by Crippen LogP contribution is -2.53. The molecule has 7 heteroatoms. The third kappa shape index (κ3) is 5.04. The Labute approximate surface area is 250 Å². The number of hydrogen-bond donors (Lipinski definition) is 1. The van der Waals surface area contributed by atoms with E-state index < -0.39 is 0 Å². The van der Waals surface area contributed by atoms with Crippen molar-refractivity contribution in [3.05, 3.63) is 34.6 Å². The second kappa shape index (κ2) is 11.1. The largest absolute Gasteiger partial charge is 0.469 e. The molecule has 8 atom stereocenters. The molecule has 1 aromatic heterocycles. The number of ether oxygens (including phenoxy) is 1. The fourth-order valence-corrected chi connectivity index (χ4v) is 10.4. The quantitative estimate of drug-likeness (QED) is 0.277. The van der Waals surface area contributed by atoms with Crippen LogP contribution in [0.4, 0.5) is 0 Å². The van der Waals surface area contributed by atoms with E-state index in [1.807, 2.05) is 4.68 Å². The van der Waals surface area contributed by atoms with Gasteiger partial charge in [-0.05, 0) is 130 Å². The topological polar surface area (TPSA) is 72.3 Å². The molecule has 0 amide bonds. The standard InChI is InChI=1S/C34H48N4O2S/c1-21-6-9-23(10-7-21)31-35-36-32(41)38(31)37-25-16-18-33(3)24(20-25)11-12-26-28-14-13-27(22(2)8-15-30(39)40-5)34(28,4)19-17-29(26)33/h6-7,9-10,22,24,26-29H,8,11-20H2,1-5H3,(H,36,41)/b37-25-/t22-,24-,26+,27-,28+,29+,33+,34-/m1/s1. The lowest BCUT2D eigenvalue weighted by molar-refractivity contribution is -0.141. The molecule has 0 unspecified atom stereocenters. The zero-order chi connectivity index (χ0) is 28.9. The Morgan fingerprint density at radius 2 is 1.88 bits per heavy atom. The molecule has 4 saturated carbocycles. The molecule has 4 aliphatic carbocycles. The van der Waals surface area contributed by atoms with Crippen molar-refractivity contribution in [2.75, 3.05) is 7.11 Å². The van der Waals surface area contributed by atoms with Crippen LogP contribution in [0.2, 0.25) is 0 Å². The number of carbonyl (C=O) groups is 1. The van der Waals surface area contributed by atoms with Crippen LogP contribution in [0.1, 0.15) is 97.0 Å². The van der Waals surface area contributed by atoms with Crippen LogP contribution in [-0.4, -0.2) is 33.7 Å². The fraction of sp³-hybridized carbons (Fsp3) is 0.706. The zero-order valence-electron chi connectivity index (χ0n) is 25.6. The van der Waals surface area contributed by atoms with E-state index >= 15 is 0 Å². The molecule has 2 aromatic rings. The van der Waals surface area contributed by atoms with E-state index in [0.29, 0.717) is 33.9 Å². The first kappa shape index (κ1) is 28.8. The molecular weight excluding hydrogens is 528 g/mol. The van der Waals surface area contributed by atoms with Gasteiger partial charge in [0.25, 0.3) is 0 Å². The highest BCUT2D eigenvalue weighted by atomic mass is 32.1. The molecule has 4 aliphatic rings. The molecule has 0 radical (unpaired) electrons. The Kier molecular flexibility index (Phi) is 7.80. The molecule has 1 heterocycles. The van der Waals surface area contributed by atoms with Crippen molar-refractivity contribution in [3.63, 3.8) is 0 Å². The summed E-state index contributed by atoms with van der Waals surface area (Å²) in [4.78, 5) is 11.8. The van der Waals surface area contributed by atoms with Crippen LogP contribution in [0.25, 0.3) is 11.4 Å². The lowest BCUT2D eigenvalue weighted by atomic mass is 9.44. The fourth-order valence-electron chi connectivity index (χ4n) is 10.2. The second-order valence-electron chi connectivity index (χ2n) is 14.4. The van der Waals surface area contributed by atoms with Crippen molar-refractivity contribution in [1.29, 1.82) is 0 Å². The summed E-state index contributed by atoms with van der Waals surface area (Å²) < 4.78 is 7.36. The van der Waals surface area contributed by atoms with Gasteiger partial charge in [0.2, 0.25) is 4.77 Å². The van der Waals surface area contributed by atoms with Gasteiger partial charge in [0.15, 0.2) is 5.82 Å².